The minimum Gasteiger partial charge on any atom is -0.0779 e. The summed E-state index contributed by atoms with van der Waals surface area (Å²) in [6.45, 7) is 4.60. The van der Waals surface area contributed by atoms with Crippen molar-refractivity contribution >= 4 is 18.2 Å². The third-order valence-electron chi connectivity index (χ3n) is 3.38. The van der Waals surface area contributed by atoms with E-state index in [-0.39, 0.29) is 0 Å². The second kappa shape index (κ2) is 2.85. The van der Waals surface area contributed by atoms with Crippen molar-refractivity contribution in [3.05, 3.63) is 39.8 Å². The van der Waals surface area contributed by atoms with Gasteiger partial charge in [0, 0.05) is 0 Å². The smallest absolute Gasteiger partial charge is 0.0131 e. The maximum Gasteiger partial charge on any atom is -0.0131 e. The first kappa shape index (κ1) is 8.96. The summed E-state index contributed by atoms with van der Waals surface area (Å²) < 4.78 is 0. The quantitative estimate of drug-likeness (QED) is 0.597. The van der Waals surface area contributed by atoms with Gasteiger partial charge in [0.1, 0.15) is 0 Å². The highest BCUT2D eigenvalue weighted by molar-refractivity contribution is 5.60. The number of rotatable bonds is 0. The fourth-order valence-electron chi connectivity index (χ4n) is 2.54. The van der Waals surface area contributed by atoms with Crippen LogP contribution in [0.15, 0.2) is 18.2 Å². The zero-order valence-electron chi connectivity index (χ0n) is 9.38. The van der Waals surface area contributed by atoms with Crippen LogP contribution < -0.4 is 10.4 Å². The second-order valence-electron chi connectivity index (χ2n) is 5.32. The minimum absolute atomic E-state index is 0.323. The molecule has 0 heterocycles. The average Bonchev–Trinajstić information content (AvgIpc) is 2.60. The normalized spacial score (nSPS) is 20.1. The second-order valence-corrected chi connectivity index (χ2v) is 5.32. The molecule has 2 aliphatic rings. The predicted molar refractivity (Wildman–Crippen MR) is 65.8 cm³/mol. The van der Waals surface area contributed by atoms with E-state index in [1.807, 2.05) is 0 Å². The molecule has 0 spiro atoms. The Morgan fingerprint density at radius 1 is 1.07 bits per heavy atom. The average molecular weight is 196 g/mol. The van der Waals surface area contributed by atoms with Gasteiger partial charge >= 0.3 is 0 Å². The van der Waals surface area contributed by atoms with E-state index in [0.717, 1.165) is 6.42 Å². The van der Waals surface area contributed by atoms with Crippen molar-refractivity contribution in [2.75, 3.05) is 0 Å². The number of fused-ring (bicyclic) bond motifs is 2. The predicted octanol–water partition coefficient (Wildman–Crippen LogP) is 2.25. The minimum atomic E-state index is 0.323. The lowest BCUT2D eigenvalue weighted by molar-refractivity contribution is 0.474. The fraction of sp³-hybridized carbons (Fsp3) is 0.333. The lowest BCUT2D eigenvalue weighted by atomic mass is 9.79. The zero-order chi connectivity index (χ0) is 10.5. The van der Waals surface area contributed by atoms with Crippen LogP contribution in [0.2, 0.25) is 0 Å². The van der Waals surface area contributed by atoms with Gasteiger partial charge in [-0.2, -0.15) is 0 Å². The molecule has 1 aromatic carbocycles. The molecule has 0 radical (unpaired) electrons. The Bertz CT molecular complexity index is 556. The van der Waals surface area contributed by atoms with Crippen LogP contribution in [0.4, 0.5) is 0 Å². The van der Waals surface area contributed by atoms with Crippen LogP contribution in [0.1, 0.15) is 31.4 Å². The number of allylic oxidation sites excluding steroid dienone is 1. The first-order chi connectivity index (χ1) is 7.14. The summed E-state index contributed by atoms with van der Waals surface area (Å²) in [6, 6.07) is 4.71. The van der Waals surface area contributed by atoms with E-state index in [1.165, 1.54) is 28.0 Å². The van der Waals surface area contributed by atoms with E-state index in [2.05, 4.69) is 50.3 Å². The third kappa shape index (κ3) is 1.45. The molecule has 0 bridgehead atoms. The summed E-state index contributed by atoms with van der Waals surface area (Å²) in [5.74, 6) is 0. The van der Waals surface area contributed by atoms with Crippen molar-refractivity contribution in [3.63, 3.8) is 0 Å². The first-order valence-electron chi connectivity index (χ1n) is 5.67. The lowest BCUT2D eigenvalue weighted by Gasteiger charge is -2.25. The standard InChI is InChI=1S/C15H16/c1-15(2)7-6-13-8-11-4-3-5-12(11)9-14(13)10-15/h4-9H,3,10H2,1-2H3. The molecular weight excluding hydrogens is 180 g/mol. The Labute approximate surface area is 90.6 Å². The molecular formula is C15H16. The van der Waals surface area contributed by atoms with Crippen molar-refractivity contribution in [1.82, 2.24) is 0 Å². The maximum absolute atomic E-state index is 2.37. The molecule has 15 heavy (non-hydrogen) atoms. The van der Waals surface area contributed by atoms with Crippen LogP contribution in [0.5, 0.6) is 0 Å². The van der Waals surface area contributed by atoms with Crippen molar-refractivity contribution in [1.29, 1.82) is 0 Å². The van der Waals surface area contributed by atoms with Gasteiger partial charge in [-0.25, -0.2) is 0 Å². The molecule has 0 nitrogen and oxygen atoms in total. The largest absolute Gasteiger partial charge is 0.0779 e. The van der Waals surface area contributed by atoms with E-state index >= 15 is 0 Å². The molecule has 0 N–H and O–H groups in total. The summed E-state index contributed by atoms with van der Waals surface area (Å²) in [6.07, 6.45) is 11.5. The third-order valence-corrected chi connectivity index (χ3v) is 3.38. The number of hydrogen-bond donors (Lipinski definition) is 0. The Morgan fingerprint density at radius 3 is 2.60 bits per heavy atom. The van der Waals surface area contributed by atoms with Gasteiger partial charge in [-0.05, 0) is 45.9 Å². The SMILES string of the molecule is CC1(C)C=Cc2cc3c(cc2C1)=CCC=3. The van der Waals surface area contributed by atoms with E-state index in [9.17, 15) is 0 Å². The zero-order valence-corrected chi connectivity index (χ0v) is 9.38. The Balaban J connectivity index is 2.24. The van der Waals surface area contributed by atoms with Gasteiger partial charge in [-0.1, -0.05) is 44.2 Å². The highest BCUT2D eigenvalue weighted by Gasteiger charge is 2.20. The van der Waals surface area contributed by atoms with Gasteiger partial charge in [0.25, 0.3) is 0 Å². The van der Waals surface area contributed by atoms with Crippen molar-refractivity contribution in [2.45, 2.75) is 26.7 Å². The van der Waals surface area contributed by atoms with Crippen molar-refractivity contribution < 1.29 is 0 Å². The topological polar surface area (TPSA) is 0 Å². The van der Waals surface area contributed by atoms with Crippen LogP contribution in [-0.2, 0) is 6.42 Å². The summed E-state index contributed by atoms with van der Waals surface area (Å²) >= 11 is 0. The van der Waals surface area contributed by atoms with Gasteiger partial charge in [-0.3, -0.25) is 0 Å². The monoisotopic (exact) mass is 196 g/mol. The maximum atomic E-state index is 2.37. The van der Waals surface area contributed by atoms with E-state index in [4.69, 9.17) is 0 Å². The summed E-state index contributed by atoms with van der Waals surface area (Å²) in [7, 11) is 0. The fourth-order valence-corrected chi connectivity index (χ4v) is 2.54. The summed E-state index contributed by atoms with van der Waals surface area (Å²) in [4.78, 5) is 0. The summed E-state index contributed by atoms with van der Waals surface area (Å²) in [5, 5.41) is 2.85. The molecule has 0 atom stereocenters. The van der Waals surface area contributed by atoms with E-state index < -0.39 is 0 Å². The molecule has 1 aromatic rings. The molecule has 0 amide bonds. The van der Waals surface area contributed by atoms with E-state index in [1.54, 1.807) is 0 Å². The van der Waals surface area contributed by atoms with Crippen LogP contribution in [0, 0.1) is 5.41 Å². The number of hydrogen-bond acceptors (Lipinski definition) is 0. The first-order valence-corrected chi connectivity index (χ1v) is 5.67. The Morgan fingerprint density at radius 2 is 1.80 bits per heavy atom. The molecule has 76 valence electrons. The van der Waals surface area contributed by atoms with E-state index in [0.29, 0.717) is 5.41 Å². The van der Waals surface area contributed by atoms with Crippen molar-refractivity contribution in [2.24, 2.45) is 5.41 Å². The molecule has 0 saturated heterocycles. The Hall–Kier alpha value is -1.30. The molecule has 0 unspecified atom stereocenters. The highest BCUT2D eigenvalue weighted by atomic mass is 14.2. The lowest BCUT2D eigenvalue weighted by Crippen LogP contribution is -2.26. The Kier molecular flexibility index (Phi) is 1.70. The molecule has 0 fully saturated rings. The van der Waals surface area contributed by atoms with Gasteiger partial charge < -0.3 is 0 Å². The molecule has 0 heteroatoms. The molecule has 2 aliphatic carbocycles. The van der Waals surface area contributed by atoms with Crippen LogP contribution in [0.25, 0.3) is 18.2 Å². The van der Waals surface area contributed by atoms with Crippen LogP contribution >= 0.6 is 0 Å². The molecule has 0 aliphatic heterocycles. The van der Waals surface area contributed by atoms with Gasteiger partial charge in [0.05, 0.1) is 0 Å². The number of benzene rings is 1. The van der Waals surface area contributed by atoms with Gasteiger partial charge in [-0.15, -0.1) is 0 Å². The molecule has 0 aromatic heterocycles. The molecule has 0 saturated carbocycles. The highest BCUT2D eigenvalue weighted by Crippen LogP contribution is 2.30. The molecule has 3 rings (SSSR count). The summed E-state index contributed by atoms with van der Waals surface area (Å²) in [5.41, 5.74) is 3.25. The van der Waals surface area contributed by atoms with Gasteiger partial charge in [0.15, 0.2) is 0 Å². The van der Waals surface area contributed by atoms with Gasteiger partial charge in [0.2, 0.25) is 0 Å². The van der Waals surface area contributed by atoms with Crippen LogP contribution in [0.3, 0.4) is 0 Å². The van der Waals surface area contributed by atoms with Crippen molar-refractivity contribution in [3.8, 4) is 0 Å². The van der Waals surface area contributed by atoms with Crippen LogP contribution in [-0.4, -0.2) is 0 Å².